The van der Waals surface area contributed by atoms with Gasteiger partial charge in [-0.25, -0.2) is 0 Å². The highest BCUT2D eigenvalue weighted by Gasteiger charge is 2.31. The van der Waals surface area contributed by atoms with E-state index in [9.17, 15) is 33.4 Å². The average Bonchev–Trinajstić information content (AvgIpc) is 2.65. The van der Waals surface area contributed by atoms with Gasteiger partial charge in [-0.2, -0.15) is 8.42 Å². The number of benzene rings is 1. The number of nitro benzene ring substituents is 2. The number of amides is 1. The van der Waals surface area contributed by atoms with Gasteiger partial charge in [-0.15, -0.1) is 0 Å². The number of rotatable bonds is 13. The van der Waals surface area contributed by atoms with Crippen molar-refractivity contribution in [2.75, 3.05) is 49.3 Å². The number of anilines is 1. The Hall–Kier alpha value is -2.36. The molecule has 30 heavy (non-hydrogen) atoms. The van der Waals surface area contributed by atoms with Gasteiger partial charge < -0.3 is 15.3 Å². The molecule has 0 fully saturated rings. The SMILES string of the molecule is CS(=O)(=O)OCCN(CCBr)c1c(C(=O)NCCCO)cc([N+](=O)[O-])cc1[N+](=O)[O-]. The van der Waals surface area contributed by atoms with Gasteiger partial charge in [-0.05, 0) is 6.42 Å². The fraction of sp³-hybridized carbons (Fsp3) is 0.533. The normalized spacial score (nSPS) is 11.2. The number of aliphatic hydroxyl groups excluding tert-OH is 1. The zero-order chi connectivity index (χ0) is 22.9. The van der Waals surface area contributed by atoms with E-state index in [1.807, 2.05) is 0 Å². The molecular weight excluding hydrogens is 492 g/mol. The lowest BCUT2D eigenvalue weighted by atomic mass is 10.1. The van der Waals surface area contributed by atoms with Gasteiger partial charge in [0.25, 0.3) is 27.4 Å². The Balaban J connectivity index is 3.52. The van der Waals surface area contributed by atoms with E-state index < -0.39 is 37.2 Å². The van der Waals surface area contributed by atoms with Gasteiger partial charge in [0, 0.05) is 37.6 Å². The highest BCUT2D eigenvalue weighted by atomic mass is 79.9. The quantitative estimate of drug-likeness (QED) is 0.126. The number of carbonyl (C=O) groups excluding carboxylic acids is 1. The van der Waals surface area contributed by atoms with E-state index in [1.54, 1.807) is 0 Å². The molecule has 0 saturated heterocycles. The number of non-ortho nitro benzene ring substituents is 1. The number of nitro groups is 2. The standard InChI is InChI=1S/C15H21BrN4O9S/c1-30(27,28)29-8-6-18(5-3-16)14-12(15(22)17-4-2-7-21)9-11(19(23)24)10-13(14)20(25)26/h9-10,21H,2-8H2,1H3,(H,17,22). The maximum atomic E-state index is 12.6. The molecule has 1 rings (SSSR count). The van der Waals surface area contributed by atoms with Crippen molar-refractivity contribution < 1.29 is 32.3 Å². The number of aliphatic hydroxyl groups is 1. The summed E-state index contributed by atoms with van der Waals surface area (Å²) in [6.45, 7) is -0.551. The molecule has 1 amide bonds. The monoisotopic (exact) mass is 512 g/mol. The summed E-state index contributed by atoms with van der Waals surface area (Å²) >= 11 is 3.18. The summed E-state index contributed by atoms with van der Waals surface area (Å²) in [5.41, 5.74) is -1.86. The lowest BCUT2D eigenvalue weighted by molar-refractivity contribution is -0.393. The second kappa shape index (κ2) is 11.7. The molecule has 0 aliphatic carbocycles. The first kappa shape index (κ1) is 25.7. The fourth-order valence-corrected chi connectivity index (χ4v) is 3.27. The van der Waals surface area contributed by atoms with Crippen molar-refractivity contribution in [3.8, 4) is 0 Å². The molecule has 0 spiro atoms. The second-order valence-corrected chi connectivity index (χ2v) is 8.35. The number of halogens is 1. The van der Waals surface area contributed by atoms with Crippen LogP contribution in [0.5, 0.6) is 0 Å². The van der Waals surface area contributed by atoms with E-state index in [-0.39, 0.29) is 50.5 Å². The molecule has 0 aromatic heterocycles. The van der Waals surface area contributed by atoms with Crippen LogP contribution in [-0.4, -0.2) is 73.7 Å². The molecule has 15 heteroatoms. The number of nitrogens with zero attached hydrogens (tertiary/aromatic N) is 3. The first-order chi connectivity index (χ1) is 14.0. The van der Waals surface area contributed by atoms with Crippen LogP contribution in [0.3, 0.4) is 0 Å². The Morgan fingerprint density at radius 2 is 1.93 bits per heavy atom. The Kier molecular flexibility index (Phi) is 10.0. The van der Waals surface area contributed by atoms with Crippen molar-refractivity contribution in [3.63, 3.8) is 0 Å². The molecule has 0 atom stereocenters. The van der Waals surface area contributed by atoms with Gasteiger partial charge in [0.2, 0.25) is 0 Å². The molecule has 0 heterocycles. The number of carbonyl (C=O) groups is 1. The molecule has 0 unspecified atom stereocenters. The maximum Gasteiger partial charge on any atom is 0.300 e. The summed E-state index contributed by atoms with van der Waals surface area (Å²) < 4.78 is 27.1. The zero-order valence-corrected chi connectivity index (χ0v) is 18.3. The van der Waals surface area contributed by atoms with Crippen LogP contribution in [0.2, 0.25) is 0 Å². The van der Waals surface area contributed by atoms with Crippen LogP contribution in [0.4, 0.5) is 17.1 Å². The highest BCUT2D eigenvalue weighted by Crippen LogP contribution is 2.36. The molecular formula is C15H21BrN4O9S. The van der Waals surface area contributed by atoms with Crippen molar-refractivity contribution in [2.45, 2.75) is 6.42 Å². The van der Waals surface area contributed by atoms with Gasteiger partial charge in [-0.1, -0.05) is 15.9 Å². The summed E-state index contributed by atoms with van der Waals surface area (Å²) in [4.78, 5) is 35.1. The molecule has 2 N–H and O–H groups in total. The first-order valence-electron chi connectivity index (χ1n) is 8.53. The summed E-state index contributed by atoms with van der Waals surface area (Å²) in [5.74, 6) is -0.811. The van der Waals surface area contributed by atoms with Gasteiger partial charge in [-0.3, -0.25) is 29.2 Å². The molecule has 0 saturated carbocycles. The van der Waals surface area contributed by atoms with Crippen molar-refractivity contribution >= 4 is 49.0 Å². The third-order valence-electron chi connectivity index (χ3n) is 3.68. The molecule has 0 aliphatic rings. The Morgan fingerprint density at radius 1 is 1.27 bits per heavy atom. The summed E-state index contributed by atoms with van der Waals surface area (Å²) in [7, 11) is -3.77. The van der Waals surface area contributed by atoms with Crippen LogP contribution < -0.4 is 10.2 Å². The average molecular weight is 513 g/mol. The van der Waals surface area contributed by atoms with Crippen molar-refractivity contribution in [1.29, 1.82) is 0 Å². The number of hydrogen-bond donors (Lipinski definition) is 2. The van der Waals surface area contributed by atoms with Crippen LogP contribution in [-0.2, 0) is 14.3 Å². The molecule has 0 aliphatic heterocycles. The third-order valence-corrected chi connectivity index (χ3v) is 4.63. The summed E-state index contributed by atoms with van der Waals surface area (Å²) in [6.07, 6.45) is 1.06. The van der Waals surface area contributed by atoms with Gasteiger partial charge in [0.15, 0.2) is 0 Å². The largest absolute Gasteiger partial charge is 0.396 e. The Bertz CT molecular complexity index is 894. The van der Waals surface area contributed by atoms with E-state index in [0.717, 1.165) is 18.4 Å². The van der Waals surface area contributed by atoms with Crippen LogP contribution in [0.25, 0.3) is 0 Å². The topological polar surface area (TPSA) is 182 Å². The molecule has 1 aromatic carbocycles. The molecule has 0 radical (unpaired) electrons. The van der Waals surface area contributed by atoms with E-state index >= 15 is 0 Å². The third kappa shape index (κ3) is 7.81. The lowest BCUT2D eigenvalue weighted by Crippen LogP contribution is -2.34. The first-order valence-corrected chi connectivity index (χ1v) is 11.5. The van der Waals surface area contributed by atoms with Crippen molar-refractivity contribution in [2.24, 2.45) is 0 Å². The molecule has 1 aromatic rings. The van der Waals surface area contributed by atoms with Crippen molar-refractivity contribution in [1.82, 2.24) is 5.32 Å². The predicted octanol–water partition coefficient (Wildman–Crippen LogP) is 0.793. The maximum absolute atomic E-state index is 12.6. The van der Waals surface area contributed by atoms with E-state index in [1.165, 1.54) is 4.90 Å². The second-order valence-electron chi connectivity index (χ2n) is 5.91. The molecule has 0 bridgehead atoms. The molecule has 13 nitrogen and oxygen atoms in total. The van der Waals surface area contributed by atoms with Crippen LogP contribution >= 0.6 is 15.9 Å². The minimum absolute atomic E-state index is 0.0426. The molecule has 168 valence electrons. The minimum atomic E-state index is -3.77. The number of alkyl halides is 1. The zero-order valence-electron chi connectivity index (χ0n) is 15.9. The summed E-state index contributed by atoms with van der Waals surface area (Å²) in [6, 6.07) is 1.65. The van der Waals surface area contributed by atoms with Crippen LogP contribution in [0.1, 0.15) is 16.8 Å². The smallest absolute Gasteiger partial charge is 0.300 e. The predicted molar refractivity (Wildman–Crippen MR) is 111 cm³/mol. The van der Waals surface area contributed by atoms with E-state index in [0.29, 0.717) is 5.33 Å². The van der Waals surface area contributed by atoms with Crippen molar-refractivity contribution in [3.05, 3.63) is 37.9 Å². The Labute approximate surface area is 180 Å². The highest BCUT2D eigenvalue weighted by molar-refractivity contribution is 9.09. The van der Waals surface area contributed by atoms with Gasteiger partial charge in [0.05, 0.1) is 34.3 Å². The van der Waals surface area contributed by atoms with E-state index in [2.05, 4.69) is 25.4 Å². The summed E-state index contributed by atoms with van der Waals surface area (Å²) in [5, 5.41) is 34.4. The van der Waals surface area contributed by atoms with Gasteiger partial charge in [0.1, 0.15) is 5.69 Å². The minimum Gasteiger partial charge on any atom is -0.396 e. The Morgan fingerprint density at radius 3 is 2.43 bits per heavy atom. The fourth-order valence-electron chi connectivity index (χ4n) is 2.47. The van der Waals surface area contributed by atoms with Crippen LogP contribution in [0.15, 0.2) is 12.1 Å². The number of nitrogens with one attached hydrogen (secondary N) is 1. The van der Waals surface area contributed by atoms with E-state index in [4.69, 9.17) is 5.11 Å². The van der Waals surface area contributed by atoms with Gasteiger partial charge >= 0.3 is 0 Å². The van der Waals surface area contributed by atoms with Crippen LogP contribution in [0, 0.1) is 20.2 Å². The lowest BCUT2D eigenvalue weighted by Gasteiger charge is -2.25. The number of hydrogen-bond acceptors (Lipinski definition) is 10.